The number of amides is 4. The molecule has 2 saturated heterocycles. The largest absolute Gasteiger partial charge is 0.497 e. The molecule has 10 heteroatoms. The smallest absolute Gasteiger partial charge is 0.335 e. The molecule has 196 valence electrons. The summed E-state index contributed by atoms with van der Waals surface area (Å²) in [6.45, 7) is 2.10. The molecule has 1 N–H and O–H groups in total. The predicted molar refractivity (Wildman–Crippen MR) is 142 cm³/mol. The summed E-state index contributed by atoms with van der Waals surface area (Å²) < 4.78 is 7.08. The van der Waals surface area contributed by atoms with Crippen LogP contribution in [0.3, 0.4) is 0 Å². The average Bonchev–Trinajstić information content (AvgIpc) is 3.41. The molecule has 0 radical (unpaired) electrons. The van der Waals surface area contributed by atoms with Crippen molar-refractivity contribution in [1.29, 1.82) is 0 Å². The molecule has 0 spiro atoms. The van der Waals surface area contributed by atoms with Gasteiger partial charge in [-0.15, -0.1) is 11.3 Å². The number of hydrogen-bond acceptors (Lipinski definition) is 7. The number of barbiturate groups is 1. The van der Waals surface area contributed by atoms with Gasteiger partial charge in [-0.05, 0) is 54.1 Å². The van der Waals surface area contributed by atoms with Gasteiger partial charge in [0.15, 0.2) is 0 Å². The third-order valence-electron chi connectivity index (χ3n) is 7.91. The van der Waals surface area contributed by atoms with E-state index in [-0.39, 0.29) is 30.4 Å². The van der Waals surface area contributed by atoms with Crippen LogP contribution in [-0.4, -0.2) is 54.1 Å². The maximum Gasteiger partial charge on any atom is 0.335 e. The van der Waals surface area contributed by atoms with Gasteiger partial charge >= 0.3 is 6.03 Å². The molecule has 3 aliphatic heterocycles. The van der Waals surface area contributed by atoms with E-state index in [2.05, 4.69) is 10.2 Å². The van der Waals surface area contributed by atoms with Crippen LogP contribution in [0, 0.1) is 11.3 Å². The number of rotatable bonds is 6. The van der Waals surface area contributed by atoms with Crippen LogP contribution < -0.4 is 20.5 Å². The summed E-state index contributed by atoms with van der Waals surface area (Å²) in [5, 5.41) is 4.40. The van der Waals surface area contributed by atoms with Gasteiger partial charge in [0.2, 0.25) is 5.91 Å². The molecule has 2 fully saturated rings. The van der Waals surface area contributed by atoms with Gasteiger partial charge in [0, 0.05) is 55.2 Å². The van der Waals surface area contributed by atoms with E-state index in [0.29, 0.717) is 31.1 Å². The summed E-state index contributed by atoms with van der Waals surface area (Å²) in [6, 6.07) is 15.1. The molecule has 3 aliphatic rings. The number of nitrogens with zero attached hydrogens (tertiary/aromatic N) is 3. The SMILES string of the molecule is COc1ccc(N2C(=O)NC(=O)[C@](Cc3cccs3)(CN3C[C@H]4C[C@@H](C3)c3cccc(=O)n3C4)C2=O)cc1. The van der Waals surface area contributed by atoms with E-state index in [1.54, 1.807) is 43.5 Å². The van der Waals surface area contributed by atoms with Crippen LogP contribution in [0.5, 0.6) is 5.75 Å². The number of likely N-dealkylation sites (tertiary alicyclic amines) is 1. The molecule has 1 aromatic carbocycles. The fraction of sp³-hybridized carbons (Fsp3) is 0.357. The molecule has 0 aliphatic carbocycles. The maximum absolute atomic E-state index is 14.3. The lowest BCUT2D eigenvalue weighted by Crippen LogP contribution is -2.68. The number of urea groups is 1. The molecule has 3 atom stereocenters. The molecule has 5 heterocycles. The lowest BCUT2D eigenvalue weighted by Gasteiger charge is -2.47. The molecule has 2 aromatic heterocycles. The van der Waals surface area contributed by atoms with Crippen LogP contribution in [0.4, 0.5) is 10.5 Å². The van der Waals surface area contributed by atoms with Gasteiger partial charge in [-0.3, -0.25) is 19.7 Å². The fourth-order valence-electron chi connectivity index (χ4n) is 6.21. The molecular formula is C28H28N4O5S. The lowest BCUT2D eigenvalue weighted by molar-refractivity contribution is -0.144. The summed E-state index contributed by atoms with van der Waals surface area (Å²) in [5.74, 6) is -0.133. The number of methoxy groups -OCH3 is 1. The number of nitrogens with one attached hydrogen (secondary N) is 1. The molecule has 4 amide bonds. The van der Waals surface area contributed by atoms with E-state index >= 15 is 0 Å². The first-order valence-corrected chi connectivity index (χ1v) is 13.5. The molecule has 0 unspecified atom stereocenters. The number of hydrogen-bond donors (Lipinski definition) is 1. The maximum atomic E-state index is 14.3. The number of carbonyl (C=O) groups is 3. The van der Waals surface area contributed by atoms with E-state index in [9.17, 15) is 19.2 Å². The summed E-state index contributed by atoms with van der Waals surface area (Å²) in [5.41, 5.74) is -0.101. The number of benzene rings is 1. The molecule has 2 bridgehead atoms. The summed E-state index contributed by atoms with van der Waals surface area (Å²) in [4.78, 5) is 57.5. The Bertz CT molecular complexity index is 1450. The highest BCUT2D eigenvalue weighted by atomic mass is 32.1. The van der Waals surface area contributed by atoms with Crippen molar-refractivity contribution >= 4 is 34.9 Å². The highest BCUT2D eigenvalue weighted by molar-refractivity contribution is 7.09. The first-order valence-electron chi connectivity index (χ1n) is 12.7. The predicted octanol–water partition coefficient (Wildman–Crippen LogP) is 2.85. The molecule has 9 nitrogen and oxygen atoms in total. The van der Waals surface area contributed by atoms with Crippen molar-refractivity contribution in [2.45, 2.75) is 25.3 Å². The van der Waals surface area contributed by atoms with Gasteiger partial charge in [-0.1, -0.05) is 12.1 Å². The van der Waals surface area contributed by atoms with Crippen LogP contribution in [0.25, 0.3) is 0 Å². The Hall–Kier alpha value is -3.76. The molecule has 6 rings (SSSR count). The second-order valence-electron chi connectivity index (χ2n) is 10.3. The molecule has 0 saturated carbocycles. The second-order valence-corrected chi connectivity index (χ2v) is 11.4. The van der Waals surface area contributed by atoms with E-state index in [4.69, 9.17) is 4.74 Å². The summed E-state index contributed by atoms with van der Waals surface area (Å²) in [7, 11) is 1.54. The highest BCUT2D eigenvalue weighted by Crippen LogP contribution is 2.39. The zero-order valence-corrected chi connectivity index (χ0v) is 21.8. The number of pyridine rings is 1. The molecular weight excluding hydrogens is 504 g/mol. The zero-order valence-electron chi connectivity index (χ0n) is 21.0. The number of thiophene rings is 1. The van der Waals surface area contributed by atoms with Crippen molar-refractivity contribution in [3.63, 3.8) is 0 Å². The Morgan fingerprint density at radius 3 is 2.55 bits per heavy atom. The summed E-state index contributed by atoms with van der Waals surface area (Å²) >= 11 is 1.48. The molecule has 3 aromatic rings. The number of ether oxygens (including phenoxy) is 1. The van der Waals surface area contributed by atoms with Crippen LogP contribution in [0.1, 0.15) is 22.9 Å². The van der Waals surface area contributed by atoms with Crippen LogP contribution >= 0.6 is 11.3 Å². The third-order valence-corrected chi connectivity index (χ3v) is 8.78. The topological polar surface area (TPSA) is 101 Å². The zero-order chi connectivity index (χ0) is 26.4. The minimum Gasteiger partial charge on any atom is -0.497 e. The Morgan fingerprint density at radius 2 is 1.82 bits per heavy atom. The van der Waals surface area contributed by atoms with Crippen LogP contribution in [-0.2, 0) is 22.6 Å². The van der Waals surface area contributed by atoms with Crippen molar-refractivity contribution in [2.75, 3.05) is 31.6 Å². The Labute approximate surface area is 223 Å². The van der Waals surface area contributed by atoms with E-state index < -0.39 is 23.3 Å². The minimum atomic E-state index is -1.49. The standard InChI is InChI=1S/C28H28N4O5S/c1-37-21-9-7-20(8-10-21)32-26(35)28(25(34)29-27(32)36,13-22-4-3-11-38-22)17-30-14-18-12-19(16-30)23-5-2-6-24(33)31(23)15-18/h2-11,18-19H,12-17H2,1H3,(H,29,34,36)/t18-,19+,28+/m1/s1. The van der Waals surface area contributed by atoms with Crippen LogP contribution in [0.2, 0.25) is 0 Å². The van der Waals surface area contributed by atoms with Gasteiger partial charge < -0.3 is 14.2 Å². The first-order chi connectivity index (χ1) is 18.4. The van der Waals surface area contributed by atoms with Crippen molar-refractivity contribution in [2.24, 2.45) is 11.3 Å². The number of anilines is 1. The van der Waals surface area contributed by atoms with Gasteiger partial charge in [-0.2, -0.15) is 0 Å². The Balaban J connectivity index is 1.36. The van der Waals surface area contributed by atoms with Gasteiger partial charge in [0.25, 0.3) is 11.5 Å². The summed E-state index contributed by atoms with van der Waals surface area (Å²) in [6.07, 6.45) is 1.16. The van der Waals surface area contributed by atoms with Crippen LogP contribution in [0.15, 0.2) is 64.8 Å². The van der Waals surface area contributed by atoms with E-state index in [0.717, 1.165) is 21.9 Å². The van der Waals surface area contributed by atoms with E-state index in [1.165, 1.54) is 11.3 Å². The van der Waals surface area contributed by atoms with Crippen molar-refractivity contribution < 1.29 is 19.1 Å². The van der Waals surface area contributed by atoms with Gasteiger partial charge in [0.1, 0.15) is 11.2 Å². The number of fused-ring (bicyclic) bond motifs is 4. The lowest BCUT2D eigenvalue weighted by atomic mass is 9.77. The van der Waals surface area contributed by atoms with Gasteiger partial charge in [-0.25, -0.2) is 9.69 Å². The van der Waals surface area contributed by atoms with Crippen molar-refractivity contribution in [1.82, 2.24) is 14.8 Å². The van der Waals surface area contributed by atoms with E-state index in [1.807, 2.05) is 28.1 Å². The number of aromatic nitrogens is 1. The Kier molecular flexibility index (Phi) is 6.16. The second kappa shape index (κ2) is 9.52. The van der Waals surface area contributed by atoms with Crippen molar-refractivity contribution in [3.05, 3.63) is 80.9 Å². The normalized spacial score (nSPS) is 25.2. The average molecular weight is 533 g/mol. The van der Waals surface area contributed by atoms with Crippen molar-refractivity contribution in [3.8, 4) is 5.75 Å². The number of piperidine rings is 1. The first kappa shape index (κ1) is 24.6. The number of imide groups is 2. The third kappa shape index (κ3) is 4.13. The van der Waals surface area contributed by atoms with Gasteiger partial charge in [0.05, 0.1) is 12.8 Å². The molecule has 38 heavy (non-hydrogen) atoms. The quantitative estimate of drug-likeness (QED) is 0.490. The Morgan fingerprint density at radius 1 is 1.00 bits per heavy atom. The fourth-order valence-corrected chi connectivity index (χ4v) is 7.03. The monoisotopic (exact) mass is 532 g/mol. The highest BCUT2D eigenvalue weighted by Gasteiger charge is 2.56. The minimum absolute atomic E-state index is 0.00953. The number of carbonyl (C=O) groups excluding carboxylic acids is 3.